The van der Waals surface area contributed by atoms with Crippen molar-refractivity contribution in [2.45, 2.75) is 65.0 Å². The molecule has 0 aliphatic carbocycles. The van der Waals surface area contributed by atoms with Crippen molar-refractivity contribution in [1.82, 2.24) is 5.32 Å². The van der Waals surface area contributed by atoms with E-state index in [9.17, 15) is 19.2 Å². The highest BCUT2D eigenvalue weighted by Crippen LogP contribution is 2.27. The molecule has 2 aromatic rings. The molecule has 1 unspecified atom stereocenters. The largest absolute Gasteiger partial charge is 0.478 e. The van der Waals surface area contributed by atoms with Crippen molar-refractivity contribution in [1.29, 1.82) is 0 Å². The minimum Gasteiger partial charge on any atom is -0.478 e. The van der Waals surface area contributed by atoms with Crippen LogP contribution in [0.1, 0.15) is 68.6 Å². The number of thiophene rings is 1. The molecule has 0 aliphatic rings. The molecule has 3 N–H and O–H groups in total. The molecule has 0 aliphatic heterocycles. The lowest BCUT2D eigenvalue weighted by atomic mass is 9.99. The van der Waals surface area contributed by atoms with Crippen LogP contribution in [0, 0.1) is 5.92 Å². The van der Waals surface area contributed by atoms with Crippen molar-refractivity contribution in [2.75, 3.05) is 5.32 Å². The van der Waals surface area contributed by atoms with Gasteiger partial charge in [0.1, 0.15) is 11.6 Å². The normalized spacial score (nSPS) is 13.1. The average molecular weight is 489 g/mol. The summed E-state index contributed by atoms with van der Waals surface area (Å²) in [4.78, 5) is 50.4. The van der Waals surface area contributed by atoms with Crippen LogP contribution in [-0.4, -0.2) is 40.5 Å². The average Bonchev–Trinajstić information content (AvgIpc) is 3.24. The van der Waals surface area contributed by atoms with Gasteiger partial charge in [-0.2, -0.15) is 0 Å². The summed E-state index contributed by atoms with van der Waals surface area (Å²) < 4.78 is 5.40. The lowest BCUT2D eigenvalue weighted by molar-refractivity contribution is -0.156. The van der Waals surface area contributed by atoms with E-state index in [1.165, 1.54) is 35.6 Å². The molecule has 1 aromatic carbocycles. The summed E-state index contributed by atoms with van der Waals surface area (Å²) in [6.07, 6.45) is 0.241. The first-order valence-electron chi connectivity index (χ1n) is 11.1. The molecule has 1 aromatic heterocycles. The Morgan fingerprint density at radius 3 is 2.18 bits per heavy atom. The van der Waals surface area contributed by atoms with Gasteiger partial charge in [-0.1, -0.05) is 19.9 Å². The van der Waals surface area contributed by atoms with E-state index in [0.29, 0.717) is 17.0 Å². The topological polar surface area (TPSA) is 122 Å². The maximum absolute atomic E-state index is 13.3. The van der Waals surface area contributed by atoms with Crippen LogP contribution in [0.3, 0.4) is 0 Å². The van der Waals surface area contributed by atoms with Crippen molar-refractivity contribution in [3.8, 4) is 0 Å². The van der Waals surface area contributed by atoms with Gasteiger partial charge >= 0.3 is 11.9 Å². The van der Waals surface area contributed by atoms with Gasteiger partial charge in [0.15, 0.2) is 0 Å². The van der Waals surface area contributed by atoms with Crippen molar-refractivity contribution in [2.24, 2.45) is 5.92 Å². The molecule has 8 nitrogen and oxygen atoms in total. The van der Waals surface area contributed by atoms with Crippen LogP contribution in [0.5, 0.6) is 0 Å². The van der Waals surface area contributed by atoms with E-state index in [1.54, 1.807) is 32.9 Å². The Bertz CT molecular complexity index is 993. The molecule has 0 fully saturated rings. The quantitative estimate of drug-likeness (QED) is 0.425. The number of hydrogen-bond acceptors (Lipinski definition) is 6. The fourth-order valence-electron chi connectivity index (χ4n) is 3.26. The van der Waals surface area contributed by atoms with E-state index >= 15 is 0 Å². The molecule has 0 spiro atoms. The first-order valence-corrected chi connectivity index (χ1v) is 11.9. The number of carboxylic acid groups (broad SMARTS) is 1. The number of nitrogens with one attached hydrogen (secondary N) is 2. The smallest absolute Gasteiger partial charge is 0.335 e. The van der Waals surface area contributed by atoms with Crippen molar-refractivity contribution >= 4 is 40.8 Å². The van der Waals surface area contributed by atoms with Crippen LogP contribution in [-0.2, 0) is 19.1 Å². The Labute approximate surface area is 203 Å². The third-order valence-corrected chi connectivity index (χ3v) is 5.72. The van der Waals surface area contributed by atoms with Gasteiger partial charge < -0.3 is 20.5 Å². The summed E-state index contributed by atoms with van der Waals surface area (Å²) in [6.45, 7) is 9.16. The second-order valence-corrected chi connectivity index (χ2v) is 10.4. The number of esters is 1. The number of benzene rings is 1. The molecule has 2 amide bonds. The molecule has 1 heterocycles. The summed E-state index contributed by atoms with van der Waals surface area (Å²) in [5.74, 6) is -3.09. The molecule has 0 radical (unpaired) electrons. The Hall–Kier alpha value is -3.20. The van der Waals surface area contributed by atoms with Gasteiger partial charge in [0.25, 0.3) is 0 Å². The molecule has 2 atom stereocenters. The number of ether oxygens (including phenoxy) is 1. The molecule has 0 saturated carbocycles. The Kier molecular flexibility index (Phi) is 9.37. The SMILES string of the molecule is CC(C)C[C@H](NC(=O)C(CC(=O)OC(C)(C)C)c1cccs1)C(=O)Nc1ccc(C(=O)O)cc1. The van der Waals surface area contributed by atoms with Gasteiger partial charge in [0.05, 0.1) is 17.9 Å². The fourth-order valence-corrected chi connectivity index (χ4v) is 4.09. The molecule has 34 heavy (non-hydrogen) atoms. The maximum atomic E-state index is 13.3. The summed E-state index contributed by atoms with van der Waals surface area (Å²) in [5, 5.41) is 16.4. The van der Waals surface area contributed by atoms with Gasteiger partial charge in [0, 0.05) is 10.6 Å². The van der Waals surface area contributed by atoms with Crippen LogP contribution >= 0.6 is 11.3 Å². The van der Waals surface area contributed by atoms with Gasteiger partial charge in [-0.15, -0.1) is 11.3 Å². The monoisotopic (exact) mass is 488 g/mol. The highest BCUT2D eigenvalue weighted by atomic mass is 32.1. The van der Waals surface area contributed by atoms with Crippen LogP contribution < -0.4 is 10.6 Å². The fraction of sp³-hybridized carbons (Fsp3) is 0.440. The highest BCUT2D eigenvalue weighted by molar-refractivity contribution is 7.10. The highest BCUT2D eigenvalue weighted by Gasteiger charge is 2.31. The number of carbonyl (C=O) groups excluding carboxylic acids is 3. The minimum atomic E-state index is -1.06. The third-order valence-electron chi connectivity index (χ3n) is 4.73. The molecule has 184 valence electrons. The van der Waals surface area contributed by atoms with Gasteiger partial charge in [-0.05, 0) is 68.8 Å². The summed E-state index contributed by atoms with van der Waals surface area (Å²) in [6, 6.07) is 8.50. The zero-order valence-corrected chi connectivity index (χ0v) is 20.9. The van der Waals surface area contributed by atoms with Gasteiger partial charge in [-0.25, -0.2) is 4.79 Å². The number of carboxylic acids is 1. The van der Waals surface area contributed by atoms with Crippen LogP contribution in [0.4, 0.5) is 5.69 Å². The predicted molar refractivity (Wildman–Crippen MR) is 131 cm³/mol. The minimum absolute atomic E-state index is 0.103. The van der Waals surface area contributed by atoms with Crippen molar-refractivity contribution < 1.29 is 29.0 Å². The van der Waals surface area contributed by atoms with Crippen LogP contribution in [0.25, 0.3) is 0 Å². The second-order valence-electron chi connectivity index (χ2n) is 9.42. The standard InChI is InChI=1S/C25H32N2O6S/c1-15(2)13-19(23(30)26-17-10-8-16(9-11-17)24(31)32)27-22(29)18(20-7-6-12-34-20)14-21(28)33-25(3,4)5/h6-12,15,18-19H,13-14H2,1-5H3,(H,26,30)(H,27,29)(H,31,32)/t18?,19-/m0/s1. The van der Waals surface area contributed by atoms with Crippen molar-refractivity contribution in [3.63, 3.8) is 0 Å². The van der Waals surface area contributed by atoms with Crippen LogP contribution in [0.2, 0.25) is 0 Å². The number of hydrogen-bond donors (Lipinski definition) is 3. The van der Waals surface area contributed by atoms with E-state index < -0.39 is 41.3 Å². The Balaban J connectivity index is 2.17. The first-order chi connectivity index (χ1) is 15.9. The molecule has 0 bridgehead atoms. The molecule has 2 rings (SSSR count). The zero-order valence-electron chi connectivity index (χ0n) is 20.1. The lowest BCUT2D eigenvalue weighted by Crippen LogP contribution is -2.46. The van der Waals surface area contributed by atoms with E-state index in [0.717, 1.165) is 0 Å². The Morgan fingerprint density at radius 2 is 1.68 bits per heavy atom. The summed E-state index contributed by atoms with van der Waals surface area (Å²) in [5.41, 5.74) is -0.156. The van der Waals surface area contributed by atoms with E-state index in [2.05, 4.69) is 10.6 Å². The summed E-state index contributed by atoms with van der Waals surface area (Å²) in [7, 11) is 0. The van der Waals surface area contributed by atoms with E-state index in [-0.39, 0.29) is 17.9 Å². The van der Waals surface area contributed by atoms with Crippen LogP contribution in [0.15, 0.2) is 41.8 Å². The van der Waals surface area contributed by atoms with Gasteiger partial charge in [-0.3, -0.25) is 14.4 Å². The molecule has 9 heteroatoms. The number of amides is 2. The first kappa shape index (κ1) is 27.0. The number of carbonyl (C=O) groups is 4. The molecular formula is C25H32N2O6S. The second kappa shape index (κ2) is 11.8. The number of anilines is 1. The number of aromatic carboxylic acids is 1. The number of rotatable bonds is 10. The molecular weight excluding hydrogens is 456 g/mol. The zero-order chi connectivity index (χ0) is 25.5. The molecule has 0 saturated heterocycles. The lowest BCUT2D eigenvalue weighted by Gasteiger charge is -2.24. The van der Waals surface area contributed by atoms with E-state index in [1.807, 2.05) is 19.2 Å². The van der Waals surface area contributed by atoms with Crippen molar-refractivity contribution in [3.05, 3.63) is 52.2 Å². The third kappa shape index (κ3) is 8.62. The van der Waals surface area contributed by atoms with E-state index in [4.69, 9.17) is 9.84 Å². The summed E-state index contributed by atoms with van der Waals surface area (Å²) >= 11 is 1.36. The predicted octanol–water partition coefficient (Wildman–Crippen LogP) is 4.43. The van der Waals surface area contributed by atoms with Gasteiger partial charge in [0.2, 0.25) is 11.8 Å². The maximum Gasteiger partial charge on any atom is 0.335 e. The Morgan fingerprint density at radius 1 is 1.03 bits per heavy atom.